The van der Waals surface area contributed by atoms with Gasteiger partial charge in [0.1, 0.15) is 17.2 Å². The highest BCUT2D eigenvalue weighted by atomic mass is 19.4. The summed E-state index contributed by atoms with van der Waals surface area (Å²) in [5, 5.41) is 10.2. The third kappa shape index (κ3) is 3.39. The van der Waals surface area contributed by atoms with Gasteiger partial charge in [-0.3, -0.25) is 4.79 Å². The first-order valence-corrected chi connectivity index (χ1v) is 4.70. The maximum atomic E-state index is 13.1. The minimum Gasteiger partial charge on any atom is -0.382 e. The van der Waals surface area contributed by atoms with Crippen LogP contribution in [0.15, 0.2) is 18.2 Å². The van der Waals surface area contributed by atoms with Gasteiger partial charge in [-0.25, -0.2) is 8.78 Å². The zero-order valence-corrected chi connectivity index (χ0v) is 8.76. The van der Waals surface area contributed by atoms with Gasteiger partial charge in [0, 0.05) is 0 Å². The van der Waals surface area contributed by atoms with Crippen molar-refractivity contribution < 1.29 is 31.9 Å². The Bertz CT molecular complexity index is 426. The summed E-state index contributed by atoms with van der Waals surface area (Å²) in [6.45, 7) is -1.18. The first-order chi connectivity index (χ1) is 8.23. The lowest BCUT2D eigenvalue weighted by Gasteiger charge is -2.15. The van der Waals surface area contributed by atoms with E-state index in [0.717, 1.165) is 18.2 Å². The van der Waals surface area contributed by atoms with Gasteiger partial charge < -0.3 is 10.4 Å². The molecule has 3 nitrogen and oxygen atoms in total. The summed E-state index contributed by atoms with van der Waals surface area (Å²) < 4.78 is 61.9. The third-order valence-electron chi connectivity index (χ3n) is 2.02. The second-order valence-electron chi connectivity index (χ2n) is 3.36. The first-order valence-electron chi connectivity index (χ1n) is 4.70. The van der Waals surface area contributed by atoms with Gasteiger partial charge in [-0.15, -0.1) is 0 Å². The predicted molar refractivity (Wildman–Crippen MR) is 50.8 cm³/mol. The normalized spacial score (nSPS) is 13.2. The zero-order valence-electron chi connectivity index (χ0n) is 8.76. The number of hydrogen-bond donors (Lipinski definition) is 2. The number of hydrogen-bond acceptors (Lipinski definition) is 2. The van der Waals surface area contributed by atoms with Crippen LogP contribution in [0.25, 0.3) is 0 Å². The topological polar surface area (TPSA) is 49.3 Å². The first kappa shape index (κ1) is 14.4. The lowest BCUT2D eigenvalue weighted by Crippen LogP contribution is -2.41. The average molecular weight is 269 g/mol. The van der Waals surface area contributed by atoms with Crippen LogP contribution in [-0.2, 0) is 0 Å². The molecule has 1 amide bonds. The molecule has 0 aliphatic rings. The number of carbonyl (C=O) groups is 1. The molecule has 1 unspecified atom stereocenters. The Labute approximate surface area is 98.2 Å². The number of carbonyl (C=O) groups excluding carboxylic acids is 1. The SMILES string of the molecule is O=C(NCC(O)C(F)(F)F)c1c(F)cccc1F. The third-order valence-corrected chi connectivity index (χ3v) is 2.02. The fraction of sp³-hybridized carbons (Fsp3) is 0.300. The predicted octanol–water partition coefficient (Wildman–Crippen LogP) is 1.62. The summed E-state index contributed by atoms with van der Waals surface area (Å²) in [5.74, 6) is -3.77. The number of aliphatic hydroxyl groups excluding tert-OH is 1. The second kappa shape index (κ2) is 5.30. The maximum Gasteiger partial charge on any atom is 0.416 e. The molecule has 0 spiro atoms. The molecule has 0 fully saturated rings. The summed E-state index contributed by atoms with van der Waals surface area (Å²) in [5.41, 5.74) is -0.994. The number of amides is 1. The van der Waals surface area contributed by atoms with Crippen molar-refractivity contribution in [3.8, 4) is 0 Å². The van der Waals surface area contributed by atoms with E-state index in [1.54, 1.807) is 5.32 Å². The fourth-order valence-electron chi connectivity index (χ4n) is 1.11. The van der Waals surface area contributed by atoms with E-state index >= 15 is 0 Å². The lowest BCUT2D eigenvalue weighted by atomic mass is 10.2. The smallest absolute Gasteiger partial charge is 0.382 e. The summed E-state index contributed by atoms with van der Waals surface area (Å²) in [6, 6.07) is 2.59. The molecule has 1 atom stereocenters. The van der Waals surface area contributed by atoms with Crippen LogP contribution < -0.4 is 5.32 Å². The molecule has 2 N–H and O–H groups in total. The number of benzene rings is 1. The molecule has 0 heterocycles. The zero-order chi connectivity index (χ0) is 13.9. The second-order valence-corrected chi connectivity index (χ2v) is 3.36. The molecule has 0 radical (unpaired) electrons. The van der Waals surface area contributed by atoms with Gasteiger partial charge >= 0.3 is 6.18 Å². The Morgan fingerprint density at radius 2 is 1.78 bits per heavy atom. The van der Waals surface area contributed by atoms with Crippen LogP contribution in [0.5, 0.6) is 0 Å². The molecular formula is C10H8F5NO2. The van der Waals surface area contributed by atoms with E-state index in [0.29, 0.717) is 0 Å². The Morgan fingerprint density at radius 3 is 2.22 bits per heavy atom. The average Bonchev–Trinajstić information content (AvgIpc) is 2.24. The highest BCUT2D eigenvalue weighted by Crippen LogP contribution is 2.19. The Balaban J connectivity index is 2.73. The van der Waals surface area contributed by atoms with Gasteiger partial charge in [0.05, 0.1) is 6.54 Å². The van der Waals surface area contributed by atoms with Gasteiger partial charge in [0.15, 0.2) is 6.10 Å². The van der Waals surface area contributed by atoms with Crippen molar-refractivity contribution in [2.75, 3.05) is 6.54 Å². The van der Waals surface area contributed by atoms with Crippen molar-refractivity contribution in [3.05, 3.63) is 35.4 Å². The number of rotatable bonds is 3. The molecule has 0 aliphatic heterocycles. The van der Waals surface area contributed by atoms with Gasteiger partial charge in [0.25, 0.3) is 5.91 Å². The van der Waals surface area contributed by atoms with Crippen molar-refractivity contribution in [2.24, 2.45) is 0 Å². The summed E-state index contributed by atoms with van der Waals surface area (Å²) in [6.07, 6.45) is -7.71. The van der Waals surface area contributed by atoms with E-state index < -0.39 is 41.9 Å². The maximum absolute atomic E-state index is 13.1. The van der Waals surface area contributed by atoms with E-state index in [-0.39, 0.29) is 0 Å². The Hall–Kier alpha value is -1.70. The molecule has 0 saturated carbocycles. The number of alkyl halides is 3. The minimum atomic E-state index is -4.92. The molecule has 1 aromatic carbocycles. The molecular weight excluding hydrogens is 261 g/mol. The molecule has 100 valence electrons. The van der Waals surface area contributed by atoms with E-state index in [9.17, 15) is 26.7 Å². The molecule has 0 aromatic heterocycles. The van der Waals surface area contributed by atoms with Crippen LogP contribution in [-0.4, -0.2) is 29.8 Å². The molecule has 0 saturated heterocycles. The van der Waals surface area contributed by atoms with E-state index in [4.69, 9.17) is 5.11 Å². The van der Waals surface area contributed by atoms with Gasteiger partial charge in [-0.05, 0) is 12.1 Å². The van der Waals surface area contributed by atoms with Crippen molar-refractivity contribution in [1.29, 1.82) is 0 Å². The van der Waals surface area contributed by atoms with Gasteiger partial charge in [0.2, 0.25) is 0 Å². The molecule has 18 heavy (non-hydrogen) atoms. The van der Waals surface area contributed by atoms with Crippen LogP contribution in [0.3, 0.4) is 0 Å². The fourth-order valence-corrected chi connectivity index (χ4v) is 1.11. The van der Waals surface area contributed by atoms with Crippen molar-refractivity contribution in [2.45, 2.75) is 12.3 Å². The van der Waals surface area contributed by atoms with Crippen molar-refractivity contribution >= 4 is 5.91 Å². The number of aliphatic hydroxyl groups is 1. The number of nitrogens with one attached hydrogen (secondary N) is 1. The van der Waals surface area contributed by atoms with Crippen LogP contribution in [0, 0.1) is 11.6 Å². The minimum absolute atomic E-state index is 0.790. The molecule has 8 heteroatoms. The van der Waals surface area contributed by atoms with E-state index in [1.165, 1.54) is 0 Å². The number of halogens is 5. The standard InChI is InChI=1S/C10H8F5NO2/c11-5-2-1-3-6(12)8(5)9(18)16-4-7(17)10(13,14)15/h1-3,7,17H,4H2,(H,16,18). The van der Waals surface area contributed by atoms with Crippen LogP contribution >= 0.6 is 0 Å². The monoisotopic (exact) mass is 269 g/mol. The Kier molecular flexibility index (Phi) is 4.23. The molecule has 1 rings (SSSR count). The molecule has 0 bridgehead atoms. The quantitative estimate of drug-likeness (QED) is 0.819. The van der Waals surface area contributed by atoms with Crippen molar-refractivity contribution in [3.63, 3.8) is 0 Å². The summed E-state index contributed by atoms with van der Waals surface area (Å²) in [7, 11) is 0. The lowest BCUT2D eigenvalue weighted by molar-refractivity contribution is -0.201. The highest BCUT2D eigenvalue weighted by Gasteiger charge is 2.38. The van der Waals surface area contributed by atoms with E-state index in [2.05, 4.69) is 0 Å². The highest BCUT2D eigenvalue weighted by molar-refractivity contribution is 5.94. The molecule has 1 aromatic rings. The van der Waals surface area contributed by atoms with Crippen LogP contribution in [0.1, 0.15) is 10.4 Å². The van der Waals surface area contributed by atoms with Crippen LogP contribution in [0.2, 0.25) is 0 Å². The largest absolute Gasteiger partial charge is 0.416 e. The summed E-state index contributed by atoms with van der Waals surface area (Å²) >= 11 is 0. The van der Waals surface area contributed by atoms with Crippen LogP contribution in [0.4, 0.5) is 22.0 Å². The van der Waals surface area contributed by atoms with Crippen molar-refractivity contribution in [1.82, 2.24) is 5.32 Å². The molecule has 0 aliphatic carbocycles. The Morgan fingerprint density at radius 1 is 1.28 bits per heavy atom. The summed E-state index contributed by atoms with van der Waals surface area (Å²) in [4.78, 5) is 11.2. The van der Waals surface area contributed by atoms with E-state index in [1.807, 2.05) is 0 Å². The van der Waals surface area contributed by atoms with Gasteiger partial charge in [-0.1, -0.05) is 6.07 Å². The van der Waals surface area contributed by atoms with Gasteiger partial charge in [-0.2, -0.15) is 13.2 Å².